The second-order valence-electron chi connectivity index (χ2n) is 6.14. The van der Waals surface area contributed by atoms with Gasteiger partial charge in [-0.3, -0.25) is 9.69 Å². The van der Waals surface area contributed by atoms with Crippen LogP contribution < -0.4 is 5.32 Å². The standard InChI is InChI=1S/C16H24N2O2S/c1-13(12-14-4-2-11-21-14)17-15(19)16(5-3-6-16)18-7-9-20-10-8-18/h2,4,11,13H,3,5-10,12H2,1H3,(H,17,19)/t13-/m1/s1. The number of nitrogens with zero attached hydrogens (tertiary/aromatic N) is 1. The summed E-state index contributed by atoms with van der Waals surface area (Å²) < 4.78 is 5.42. The van der Waals surface area contributed by atoms with Crippen molar-refractivity contribution in [2.75, 3.05) is 26.3 Å². The molecule has 1 aromatic heterocycles. The van der Waals surface area contributed by atoms with Crippen molar-refractivity contribution in [3.63, 3.8) is 0 Å². The van der Waals surface area contributed by atoms with Gasteiger partial charge in [0.25, 0.3) is 0 Å². The van der Waals surface area contributed by atoms with Gasteiger partial charge in [0.15, 0.2) is 0 Å². The summed E-state index contributed by atoms with van der Waals surface area (Å²) in [5.74, 6) is 0.222. The molecule has 4 nitrogen and oxygen atoms in total. The number of hydrogen-bond acceptors (Lipinski definition) is 4. The van der Waals surface area contributed by atoms with E-state index in [1.807, 2.05) is 0 Å². The molecular weight excluding hydrogens is 284 g/mol. The van der Waals surface area contributed by atoms with E-state index in [1.54, 1.807) is 11.3 Å². The monoisotopic (exact) mass is 308 g/mol. The molecule has 1 aromatic rings. The quantitative estimate of drug-likeness (QED) is 0.905. The summed E-state index contributed by atoms with van der Waals surface area (Å²) in [6, 6.07) is 4.39. The second kappa shape index (κ2) is 6.46. The molecule has 5 heteroatoms. The van der Waals surface area contributed by atoms with Gasteiger partial charge in [0.1, 0.15) is 5.54 Å². The first-order valence-corrected chi connectivity index (χ1v) is 8.75. The lowest BCUT2D eigenvalue weighted by atomic mass is 9.74. The van der Waals surface area contributed by atoms with Gasteiger partial charge in [-0.15, -0.1) is 11.3 Å². The largest absolute Gasteiger partial charge is 0.379 e. The summed E-state index contributed by atoms with van der Waals surface area (Å²) in [7, 11) is 0. The number of amides is 1. The van der Waals surface area contributed by atoms with Gasteiger partial charge in [-0.1, -0.05) is 6.07 Å². The van der Waals surface area contributed by atoms with Crippen LogP contribution >= 0.6 is 11.3 Å². The third-order valence-electron chi connectivity index (χ3n) is 4.68. The SMILES string of the molecule is C[C@H](Cc1cccs1)NC(=O)C1(N2CCOCC2)CCC1. The molecule has 0 radical (unpaired) electrons. The summed E-state index contributed by atoms with van der Waals surface area (Å²) in [5, 5.41) is 5.33. The number of rotatable bonds is 5. The van der Waals surface area contributed by atoms with Crippen LogP contribution in [0.25, 0.3) is 0 Å². The Morgan fingerprint density at radius 1 is 1.48 bits per heavy atom. The lowest BCUT2D eigenvalue weighted by Crippen LogP contribution is -2.65. The van der Waals surface area contributed by atoms with Gasteiger partial charge in [0.05, 0.1) is 13.2 Å². The number of thiophene rings is 1. The number of nitrogens with one attached hydrogen (secondary N) is 1. The van der Waals surface area contributed by atoms with Crippen molar-refractivity contribution in [3.8, 4) is 0 Å². The van der Waals surface area contributed by atoms with Crippen molar-refractivity contribution in [1.82, 2.24) is 10.2 Å². The van der Waals surface area contributed by atoms with Crippen molar-refractivity contribution < 1.29 is 9.53 Å². The number of hydrogen-bond donors (Lipinski definition) is 1. The van der Waals surface area contributed by atoms with E-state index in [0.29, 0.717) is 0 Å². The first kappa shape index (κ1) is 15.0. The highest BCUT2D eigenvalue weighted by molar-refractivity contribution is 7.09. The molecule has 1 aliphatic heterocycles. The summed E-state index contributed by atoms with van der Waals surface area (Å²) in [6.07, 6.45) is 4.06. The molecule has 0 bridgehead atoms. The maximum absolute atomic E-state index is 12.8. The molecule has 2 fully saturated rings. The van der Waals surface area contributed by atoms with Crippen LogP contribution in [0, 0.1) is 0 Å². The fourth-order valence-corrected chi connectivity index (χ4v) is 4.16. The van der Waals surface area contributed by atoms with Crippen LogP contribution in [0.2, 0.25) is 0 Å². The van der Waals surface area contributed by atoms with E-state index in [4.69, 9.17) is 4.74 Å². The minimum Gasteiger partial charge on any atom is -0.379 e. The highest BCUT2D eigenvalue weighted by Gasteiger charge is 2.49. The van der Waals surface area contributed by atoms with Crippen LogP contribution in [0.15, 0.2) is 17.5 Å². The van der Waals surface area contributed by atoms with E-state index in [0.717, 1.165) is 52.0 Å². The van der Waals surface area contributed by atoms with Crippen molar-refractivity contribution in [3.05, 3.63) is 22.4 Å². The zero-order valence-corrected chi connectivity index (χ0v) is 13.5. The average molecular weight is 308 g/mol. The van der Waals surface area contributed by atoms with E-state index >= 15 is 0 Å². The lowest BCUT2D eigenvalue weighted by molar-refractivity contribution is -0.145. The van der Waals surface area contributed by atoms with E-state index in [-0.39, 0.29) is 17.5 Å². The fraction of sp³-hybridized carbons (Fsp3) is 0.688. The minimum atomic E-state index is -0.256. The van der Waals surface area contributed by atoms with E-state index in [1.165, 1.54) is 4.88 Å². The zero-order valence-electron chi connectivity index (χ0n) is 12.6. The summed E-state index contributed by atoms with van der Waals surface area (Å²) >= 11 is 1.76. The molecule has 1 atom stereocenters. The highest BCUT2D eigenvalue weighted by atomic mass is 32.1. The van der Waals surface area contributed by atoms with Gasteiger partial charge < -0.3 is 10.1 Å². The van der Waals surface area contributed by atoms with E-state index < -0.39 is 0 Å². The van der Waals surface area contributed by atoms with Gasteiger partial charge in [0.2, 0.25) is 5.91 Å². The van der Waals surface area contributed by atoms with Crippen LogP contribution in [0.1, 0.15) is 31.1 Å². The van der Waals surface area contributed by atoms with Crippen molar-refractivity contribution >= 4 is 17.2 Å². The molecule has 2 heterocycles. The van der Waals surface area contributed by atoms with Gasteiger partial charge in [-0.25, -0.2) is 0 Å². The Labute approximate surface area is 130 Å². The molecule has 21 heavy (non-hydrogen) atoms. The Morgan fingerprint density at radius 3 is 2.81 bits per heavy atom. The van der Waals surface area contributed by atoms with Gasteiger partial charge >= 0.3 is 0 Å². The topological polar surface area (TPSA) is 41.6 Å². The molecule has 0 spiro atoms. The predicted octanol–water partition coefficient (Wildman–Crippen LogP) is 2.05. The molecule has 1 amide bonds. The summed E-state index contributed by atoms with van der Waals surface area (Å²) in [4.78, 5) is 16.5. The number of morpholine rings is 1. The van der Waals surface area contributed by atoms with Gasteiger partial charge in [-0.2, -0.15) is 0 Å². The molecule has 3 rings (SSSR count). The van der Waals surface area contributed by atoms with E-state index in [9.17, 15) is 4.79 Å². The number of ether oxygens (including phenoxy) is 1. The minimum absolute atomic E-state index is 0.190. The third kappa shape index (κ3) is 3.15. The highest BCUT2D eigenvalue weighted by Crippen LogP contribution is 2.38. The first-order valence-electron chi connectivity index (χ1n) is 7.87. The Hall–Kier alpha value is -0.910. The summed E-state index contributed by atoms with van der Waals surface area (Å²) in [6.45, 7) is 5.36. The van der Waals surface area contributed by atoms with Crippen LogP contribution in [0.4, 0.5) is 0 Å². The first-order chi connectivity index (χ1) is 10.2. The van der Waals surface area contributed by atoms with E-state index in [2.05, 4.69) is 34.7 Å². The zero-order chi connectivity index (χ0) is 14.7. The van der Waals surface area contributed by atoms with Crippen molar-refractivity contribution in [2.45, 2.75) is 44.2 Å². The molecule has 116 valence electrons. The van der Waals surface area contributed by atoms with Crippen LogP contribution in [0.5, 0.6) is 0 Å². The Morgan fingerprint density at radius 2 is 2.24 bits per heavy atom. The molecule has 1 N–H and O–H groups in total. The Bertz CT molecular complexity index is 465. The van der Waals surface area contributed by atoms with Crippen molar-refractivity contribution in [2.24, 2.45) is 0 Å². The molecule has 1 aliphatic carbocycles. The molecule has 1 saturated heterocycles. The van der Waals surface area contributed by atoms with Crippen LogP contribution in [-0.4, -0.2) is 48.7 Å². The predicted molar refractivity (Wildman–Crippen MR) is 84.6 cm³/mol. The van der Waals surface area contributed by atoms with Gasteiger partial charge in [0, 0.05) is 30.4 Å². The Kier molecular flexibility index (Phi) is 4.62. The maximum Gasteiger partial charge on any atom is 0.240 e. The fourth-order valence-electron chi connectivity index (χ4n) is 3.33. The average Bonchev–Trinajstić information content (AvgIpc) is 2.91. The smallest absolute Gasteiger partial charge is 0.240 e. The molecule has 2 aliphatic rings. The number of carbonyl (C=O) groups excluding carboxylic acids is 1. The van der Waals surface area contributed by atoms with Crippen LogP contribution in [-0.2, 0) is 16.0 Å². The normalized spacial score (nSPS) is 23.3. The van der Waals surface area contributed by atoms with Crippen molar-refractivity contribution in [1.29, 1.82) is 0 Å². The maximum atomic E-state index is 12.8. The number of carbonyl (C=O) groups is 1. The van der Waals surface area contributed by atoms with Crippen LogP contribution in [0.3, 0.4) is 0 Å². The van der Waals surface area contributed by atoms with Gasteiger partial charge in [-0.05, 0) is 37.6 Å². The third-order valence-corrected chi connectivity index (χ3v) is 5.58. The Balaban J connectivity index is 1.59. The molecule has 1 saturated carbocycles. The molecule has 0 unspecified atom stereocenters. The lowest BCUT2D eigenvalue weighted by Gasteiger charge is -2.50. The second-order valence-corrected chi connectivity index (χ2v) is 7.17. The molecule has 0 aromatic carbocycles. The molecular formula is C16H24N2O2S. The summed E-state index contributed by atoms with van der Waals surface area (Å²) in [5.41, 5.74) is -0.256.